The Kier molecular flexibility index (Phi) is 2.19. The van der Waals surface area contributed by atoms with Gasteiger partial charge in [-0.05, 0) is 36.0 Å². The number of benzene rings is 2. The third-order valence-corrected chi connectivity index (χ3v) is 4.41. The quantitative estimate of drug-likeness (QED) is 0.732. The van der Waals surface area contributed by atoms with Crippen LogP contribution in [0.3, 0.4) is 0 Å². The largest absolute Gasteiger partial charge is 0.490 e. The molecule has 4 rings (SSSR count). The average Bonchev–Trinajstić information content (AvgIpc) is 2.42. The minimum Gasteiger partial charge on any atom is -0.490 e. The Morgan fingerprint density at radius 3 is 2.56 bits per heavy atom. The van der Waals surface area contributed by atoms with Crippen molar-refractivity contribution in [3.05, 3.63) is 65.7 Å². The van der Waals surface area contributed by atoms with Gasteiger partial charge >= 0.3 is 0 Å². The van der Waals surface area contributed by atoms with Gasteiger partial charge in [0.25, 0.3) is 0 Å². The number of fused-ring (bicyclic) bond motifs is 2. The smallest absolute Gasteiger partial charge is 0.122 e. The van der Waals surface area contributed by atoms with Crippen molar-refractivity contribution in [2.75, 3.05) is 0 Å². The van der Waals surface area contributed by atoms with E-state index in [2.05, 4.69) is 54.6 Å². The standard InChI is InChI=1S/C17H16O/c1-2-6-12(7-3-1)14-11-17-15(14)10-13-8-4-5-9-16(13)18-17/h1-9,14-15,17H,10-11H2/t14?,15-,17?/m1/s1. The molecule has 0 aromatic heterocycles. The van der Waals surface area contributed by atoms with Crippen molar-refractivity contribution < 1.29 is 4.74 Å². The lowest BCUT2D eigenvalue weighted by Crippen LogP contribution is -2.47. The molecule has 18 heavy (non-hydrogen) atoms. The maximum atomic E-state index is 6.08. The minimum absolute atomic E-state index is 0.435. The zero-order chi connectivity index (χ0) is 11.9. The fourth-order valence-corrected chi connectivity index (χ4v) is 3.36. The fraction of sp³-hybridized carbons (Fsp3) is 0.294. The van der Waals surface area contributed by atoms with Crippen LogP contribution in [0.5, 0.6) is 5.75 Å². The van der Waals surface area contributed by atoms with Crippen LogP contribution in [0.2, 0.25) is 0 Å². The normalized spacial score (nSPS) is 28.6. The van der Waals surface area contributed by atoms with Crippen LogP contribution < -0.4 is 4.74 Å². The van der Waals surface area contributed by atoms with E-state index in [4.69, 9.17) is 4.74 Å². The van der Waals surface area contributed by atoms with Crippen molar-refractivity contribution in [2.45, 2.75) is 24.9 Å². The molecule has 0 bridgehead atoms. The molecule has 2 unspecified atom stereocenters. The number of ether oxygens (including phenoxy) is 1. The first-order valence-corrected chi connectivity index (χ1v) is 6.71. The van der Waals surface area contributed by atoms with Crippen LogP contribution in [-0.2, 0) is 6.42 Å². The summed E-state index contributed by atoms with van der Waals surface area (Å²) in [5, 5.41) is 0. The van der Waals surface area contributed by atoms with E-state index in [1.54, 1.807) is 0 Å². The van der Waals surface area contributed by atoms with Gasteiger partial charge in [-0.1, -0.05) is 48.5 Å². The molecule has 1 heterocycles. The monoisotopic (exact) mass is 236 g/mol. The van der Waals surface area contributed by atoms with Gasteiger partial charge in [-0.3, -0.25) is 0 Å². The Hall–Kier alpha value is -1.76. The summed E-state index contributed by atoms with van der Waals surface area (Å²) in [5.74, 6) is 2.46. The molecule has 0 saturated heterocycles. The van der Waals surface area contributed by atoms with E-state index in [-0.39, 0.29) is 0 Å². The highest BCUT2D eigenvalue weighted by atomic mass is 16.5. The van der Waals surface area contributed by atoms with E-state index in [9.17, 15) is 0 Å². The predicted octanol–water partition coefficient (Wildman–Crippen LogP) is 3.79. The van der Waals surface area contributed by atoms with Crippen LogP contribution in [0.1, 0.15) is 23.5 Å². The summed E-state index contributed by atoms with van der Waals surface area (Å²) in [7, 11) is 0. The van der Waals surface area contributed by atoms with E-state index in [0.29, 0.717) is 17.9 Å². The maximum Gasteiger partial charge on any atom is 0.122 e. The van der Waals surface area contributed by atoms with E-state index < -0.39 is 0 Å². The lowest BCUT2D eigenvalue weighted by atomic mass is 9.64. The van der Waals surface area contributed by atoms with Gasteiger partial charge in [0.15, 0.2) is 0 Å². The summed E-state index contributed by atoms with van der Waals surface area (Å²) in [5.41, 5.74) is 2.85. The molecule has 1 fully saturated rings. The summed E-state index contributed by atoms with van der Waals surface area (Å²) in [6.07, 6.45) is 2.77. The molecule has 0 radical (unpaired) electrons. The van der Waals surface area contributed by atoms with Gasteiger partial charge in [0.2, 0.25) is 0 Å². The minimum atomic E-state index is 0.435. The zero-order valence-corrected chi connectivity index (χ0v) is 10.3. The summed E-state index contributed by atoms with van der Waals surface area (Å²) in [6.45, 7) is 0. The van der Waals surface area contributed by atoms with Gasteiger partial charge in [0, 0.05) is 5.92 Å². The molecule has 1 aliphatic heterocycles. The SMILES string of the molecule is c1ccc(C2CC3Oc4ccccc4C[C@@H]32)cc1. The third-order valence-electron chi connectivity index (χ3n) is 4.41. The highest BCUT2D eigenvalue weighted by molar-refractivity contribution is 5.38. The van der Waals surface area contributed by atoms with Crippen molar-refractivity contribution in [3.63, 3.8) is 0 Å². The molecular weight excluding hydrogens is 220 g/mol. The molecule has 2 aromatic rings. The van der Waals surface area contributed by atoms with Gasteiger partial charge in [0.1, 0.15) is 11.9 Å². The number of hydrogen-bond acceptors (Lipinski definition) is 1. The number of rotatable bonds is 1. The van der Waals surface area contributed by atoms with Crippen molar-refractivity contribution in [1.82, 2.24) is 0 Å². The van der Waals surface area contributed by atoms with Gasteiger partial charge in [-0.15, -0.1) is 0 Å². The molecule has 1 nitrogen and oxygen atoms in total. The highest BCUT2D eigenvalue weighted by Gasteiger charge is 2.45. The first-order chi connectivity index (χ1) is 8.92. The van der Waals surface area contributed by atoms with Crippen LogP contribution >= 0.6 is 0 Å². The third kappa shape index (κ3) is 1.47. The van der Waals surface area contributed by atoms with Crippen molar-refractivity contribution in [1.29, 1.82) is 0 Å². The molecule has 3 atom stereocenters. The van der Waals surface area contributed by atoms with Crippen LogP contribution in [0.15, 0.2) is 54.6 Å². The molecule has 1 aliphatic carbocycles. The van der Waals surface area contributed by atoms with E-state index in [1.807, 2.05) is 0 Å². The molecule has 0 spiro atoms. The molecule has 1 saturated carbocycles. The second-order valence-corrected chi connectivity index (χ2v) is 5.38. The van der Waals surface area contributed by atoms with Crippen LogP contribution in [0.25, 0.3) is 0 Å². The van der Waals surface area contributed by atoms with Gasteiger partial charge in [-0.2, -0.15) is 0 Å². The second-order valence-electron chi connectivity index (χ2n) is 5.38. The van der Waals surface area contributed by atoms with Gasteiger partial charge in [-0.25, -0.2) is 0 Å². The lowest BCUT2D eigenvalue weighted by molar-refractivity contribution is 0.00674. The van der Waals surface area contributed by atoms with E-state index in [1.165, 1.54) is 24.0 Å². The summed E-state index contributed by atoms with van der Waals surface area (Å²) in [6, 6.07) is 19.3. The Balaban J connectivity index is 1.62. The molecule has 0 amide bonds. The van der Waals surface area contributed by atoms with Crippen LogP contribution in [0.4, 0.5) is 0 Å². The number of hydrogen-bond donors (Lipinski definition) is 0. The Bertz CT molecular complexity index is 561. The van der Waals surface area contributed by atoms with Crippen molar-refractivity contribution in [3.8, 4) is 5.75 Å². The Morgan fingerprint density at radius 1 is 0.889 bits per heavy atom. The van der Waals surface area contributed by atoms with Crippen molar-refractivity contribution >= 4 is 0 Å². The molecular formula is C17H16O. The molecule has 0 N–H and O–H groups in total. The summed E-state index contributed by atoms with van der Waals surface area (Å²) < 4.78 is 6.08. The van der Waals surface area contributed by atoms with E-state index in [0.717, 1.165) is 5.75 Å². The van der Waals surface area contributed by atoms with Crippen molar-refractivity contribution in [2.24, 2.45) is 5.92 Å². The summed E-state index contributed by atoms with van der Waals surface area (Å²) >= 11 is 0. The fourth-order valence-electron chi connectivity index (χ4n) is 3.36. The molecule has 1 heteroatoms. The lowest BCUT2D eigenvalue weighted by Gasteiger charge is -2.48. The second kappa shape index (κ2) is 3.88. The predicted molar refractivity (Wildman–Crippen MR) is 71.9 cm³/mol. The van der Waals surface area contributed by atoms with Crippen LogP contribution in [-0.4, -0.2) is 6.10 Å². The van der Waals surface area contributed by atoms with E-state index >= 15 is 0 Å². The van der Waals surface area contributed by atoms with Gasteiger partial charge in [0.05, 0.1) is 0 Å². The molecule has 90 valence electrons. The number of para-hydroxylation sites is 1. The Morgan fingerprint density at radius 2 is 1.67 bits per heavy atom. The van der Waals surface area contributed by atoms with Crippen LogP contribution in [0, 0.1) is 5.92 Å². The Labute approximate surface area is 107 Å². The topological polar surface area (TPSA) is 9.23 Å². The molecule has 2 aliphatic rings. The first kappa shape index (κ1) is 10.2. The molecule has 2 aromatic carbocycles. The maximum absolute atomic E-state index is 6.08. The zero-order valence-electron chi connectivity index (χ0n) is 10.3. The summed E-state index contributed by atoms with van der Waals surface area (Å²) in [4.78, 5) is 0. The van der Waals surface area contributed by atoms with Gasteiger partial charge < -0.3 is 4.74 Å². The first-order valence-electron chi connectivity index (χ1n) is 6.71. The average molecular weight is 236 g/mol. The highest BCUT2D eigenvalue weighted by Crippen LogP contribution is 2.49.